The molecular formula is C24H27N5O2. The molecule has 1 aliphatic rings. The summed E-state index contributed by atoms with van der Waals surface area (Å²) in [4.78, 5) is 11.6. The van der Waals surface area contributed by atoms with E-state index in [1.165, 1.54) is 18.4 Å². The van der Waals surface area contributed by atoms with Crippen molar-refractivity contribution >= 4 is 11.0 Å². The number of imidazole rings is 2. The highest BCUT2D eigenvalue weighted by molar-refractivity contribution is 5.78. The van der Waals surface area contributed by atoms with Crippen molar-refractivity contribution in [3.8, 4) is 22.8 Å². The van der Waals surface area contributed by atoms with Gasteiger partial charge in [-0.25, -0.2) is 9.97 Å². The largest absolute Gasteiger partial charge is 0.496 e. The van der Waals surface area contributed by atoms with Gasteiger partial charge < -0.3 is 14.4 Å². The highest BCUT2D eigenvalue weighted by Gasteiger charge is 2.17. The summed E-state index contributed by atoms with van der Waals surface area (Å²) in [7, 11) is 1.73. The van der Waals surface area contributed by atoms with Gasteiger partial charge in [-0.15, -0.1) is 0 Å². The van der Waals surface area contributed by atoms with E-state index in [1.54, 1.807) is 13.4 Å². The summed E-state index contributed by atoms with van der Waals surface area (Å²) < 4.78 is 9.68. The van der Waals surface area contributed by atoms with E-state index in [0.29, 0.717) is 6.54 Å². The highest BCUT2D eigenvalue weighted by Crippen LogP contribution is 2.30. The smallest absolute Gasteiger partial charge is 0.144 e. The molecule has 5 rings (SSSR count). The van der Waals surface area contributed by atoms with Gasteiger partial charge in [0, 0.05) is 42.3 Å². The first-order valence-electron chi connectivity index (χ1n) is 10.8. The van der Waals surface area contributed by atoms with Gasteiger partial charge in [0.15, 0.2) is 0 Å². The first-order chi connectivity index (χ1) is 15.3. The lowest BCUT2D eigenvalue weighted by Crippen LogP contribution is -2.18. The number of fused-ring (bicyclic) bond motifs is 1. The van der Waals surface area contributed by atoms with Gasteiger partial charge in [-0.2, -0.15) is 0 Å². The van der Waals surface area contributed by atoms with E-state index in [1.807, 2.05) is 29.1 Å². The standard InChI is InChI=1S/C24H27N5O2/c1-31-23-7-4-18(14-19(23)16-27-9-2-3-10-27)24-25-8-11-29(24)20-5-6-22-21(15-20)26-17-28(22)12-13-30/h4-8,11,14-15,17,30H,2-3,9-10,12-13,16H2,1H3. The molecular weight excluding hydrogens is 390 g/mol. The molecule has 1 fully saturated rings. The molecule has 0 amide bonds. The van der Waals surface area contributed by atoms with Crippen LogP contribution >= 0.6 is 0 Å². The number of hydrogen-bond donors (Lipinski definition) is 1. The number of hydrogen-bond acceptors (Lipinski definition) is 5. The first-order valence-corrected chi connectivity index (χ1v) is 10.8. The second-order valence-electron chi connectivity index (χ2n) is 7.97. The van der Waals surface area contributed by atoms with E-state index in [9.17, 15) is 5.11 Å². The van der Waals surface area contributed by atoms with Gasteiger partial charge >= 0.3 is 0 Å². The minimum absolute atomic E-state index is 0.0934. The van der Waals surface area contributed by atoms with Crippen molar-refractivity contribution in [1.82, 2.24) is 24.0 Å². The molecule has 7 nitrogen and oxygen atoms in total. The maximum absolute atomic E-state index is 9.24. The Kier molecular flexibility index (Phi) is 5.44. The molecule has 0 atom stereocenters. The summed E-state index contributed by atoms with van der Waals surface area (Å²) in [6, 6.07) is 12.5. The van der Waals surface area contributed by atoms with Crippen LogP contribution in [-0.2, 0) is 13.1 Å². The van der Waals surface area contributed by atoms with Crippen LogP contribution in [0.25, 0.3) is 28.1 Å². The number of benzene rings is 2. The van der Waals surface area contributed by atoms with Gasteiger partial charge in [0.05, 0.1) is 31.1 Å². The van der Waals surface area contributed by atoms with E-state index >= 15 is 0 Å². The number of nitrogens with zero attached hydrogens (tertiary/aromatic N) is 5. The average Bonchev–Trinajstić information content (AvgIpc) is 3.55. The first kappa shape index (κ1) is 19.8. The zero-order valence-electron chi connectivity index (χ0n) is 17.7. The Bertz CT molecular complexity index is 1190. The number of methoxy groups -OCH3 is 1. The molecule has 0 aliphatic carbocycles. The molecule has 0 bridgehead atoms. The topological polar surface area (TPSA) is 68.3 Å². The van der Waals surface area contributed by atoms with Gasteiger partial charge in [0.2, 0.25) is 0 Å². The summed E-state index contributed by atoms with van der Waals surface area (Å²) in [5.41, 5.74) is 5.17. The van der Waals surface area contributed by atoms with E-state index in [2.05, 4.69) is 43.7 Å². The third kappa shape index (κ3) is 3.82. The Morgan fingerprint density at radius 3 is 2.74 bits per heavy atom. The minimum Gasteiger partial charge on any atom is -0.496 e. The van der Waals surface area contributed by atoms with Crippen LogP contribution in [0, 0.1) is 0 Å². The zero-order chi connectivity index (χ0) is 21.2. The van der Waals surface area contributed by atoms with Gasteiger partial charge in [-0.05, 0) is 62.3 Å². The average molecular weight is 418 g/mol. The Balaban J connectivity index is 1.50. The Morgan fingerprint density at radius 2 is 1.94 bits per heavy atom. The second-order valence-corrected chi connectivity index (χ2v) is 7.97. The lowest BCUT2D eigenvalue weighted by atomic mass is 10.1. The second kappa shape index (κ2) is 8.53. The van der Waals surface area contributed by atoms with Crippen molar-refractivity contribution in [2.75, 3.05) is 26.8 Å². The number of aromatic nitrogens is 4. The van der Waals surface area contributed by atoms with Crippen LogP contribution in [-0.4, -0.2) is 55.9 Å². The molecule has 3 heterocycles. The van der Waals surface area contributed by atoms with Crippen molar-refractivity contribution in [1.29, 1.82) is 0 Å². The highest BCUT2D eigenvalue weighted by atomic mass is 16.5. The third-order valence-electron chi connectivity index (χ3n) is 6.00. The zero-order valence-corrected chi connectivity index (χ0v) is 17.7. The minimum atomic E-state index is 0.0934. The van der Waals surface area contributed by atoms with Crippen molar-refractivity contribution in [3.63, 3.8) is 0 Å². The normalized spacial score (nSPS) is 14.5. The summed E-state index contributed by atoms with van der Waals surface area (Å²) in [6.07, 6.45) is 8.11. The van der Waals surface area contributed by atoms with Crippen LogP contribution in [0.1, 0.15) is 18.4 Å². The fraction of sp³-hybridized carbons (Fsp3) is 0.333. The lowest BCUT2D eigenvalue weighted by Gasteiger charge is -2.18. The van der Waals surface area contributed by atoms with Crippen molar-refractivity contribution in [2.24, 2.45) is 0 Å². The predicted octanol–water partition coefficient (Wildman–Crippen LogP) is 3.49. The maximum Gasteiger partial charge on any atom is 0.144 e. The van der Waals surface area contributed by atoms with Crippen LogP contribution in [0.2, 0.25) is 0 Å². The van der Waals surface area contributed by atoms with Gasteiger partial charge in [-0.3, -0.25) is 9.47 Å². The fourth-order valence-corrected chi connectivity index (χ4v) is 4.44. The maximum atomic E-state index is 9.24. The number of ether oxygens (including phenoxy) is 1. The summed E-state index contributed by atoms with van der Waals surface area (Å²) in [5.74, 6) is 1.81. The Morgan fingerprint density at radius 1 is 1.06 bits per heavy atom. The molecule has 0 unspecified atom stereocenters. The molecule has 1 saturated heterocycles. The van der Waals surface area contributed by atoms with E-state index in [0.717, 1.165) is 53.5 Å². The van der Waals surface area contributed by atoms with Crippen molar-refractivity contribution < 1.29 is 9.84 Å². The number of aliphatic hydroxyl groups is 1. The van der Waals surface area contributed by atoms with Crippen LogP contribution < -0.4 is 4.74 Å². The summed E-state index contributed by atoms with van der Waals surface area (Å²) in [5, 5.41) is 9.24. The molecule has 2 aromatic heterocycles. The molecule has 31 heavy (non-hydrogen) atoms. The van der Waals surface area contributed by atoms with E-state index in [-0.39, 0.29) is 6.61 Å². The summed E-state index contributed by atoms with van der Waals surface area (Å²) >= 11 is 0. The molecule has 160 valence electrons. The molecule has 2 aromatic carbocycles. The van der Waals surface area contributed by atoms with Crippen LogP contribution in [0.5, 0.6) is 5.75 Å². The van der Waals surface area contributed by atoms with E-state index in [4.69, 9.17) is 4.74 Å². The molecule has 7 heteroatoms. The molecule has 4 aromatic rings. The molecule has 0 spiro atoms. The fourth-order valence-electron chi connectivity index (χ4n) is 4.44. The molecule has 0 saturated carbocycles. The SMILES string of the molecule is COc1ccc(-c2nccn2-c2ccc3c(c2)ncn3CCO)cc1CN1CCCC1. The number of likely N-dealkylation sites (tertiary alicyclic amines) is 1. The lowest BCUT2D eigenvalue weighted by molar-refractivity contribution is 0.278. The Hall–Kier alpha value is -3.16. The number of rotatable bonds is 7. The van der Waals surface area contributed by atoms with Gasteiger partial charge in [0.1, 0.15) is 11.6 Å². The summed E-state index contributed by atoms with van der Waals surface area (Å²) in [6.45, 7) is 3.82. The van der Waals surface area contributed by atoms with Gasteiger partial charge in [0.25, 0.3) is 0 Å². The van der Waals surface area contributed by atoms with Crippen LogP contribution in [0.15, 0.2) is 55.1 Å². The van der Waals surface area contributed by atoms with Crippen molar-refractivity contribution in [3.05, 3.63) is 60.7 Å². The molecule has 1 N–H and O–H groups in total. The number of aliphatic hydroxyl groups excluding tert-OH is 1. The molecule has 0 radical (unpaired) electrons. The Labute approximate surface area is 181 Å². The van der Waals surface area contributed by atoms with Crippen LogP contribution in [0.3, 0.4) is 0 Å². The predicted molar refractivity (Wildman–Crippen MR) is 120 cm³/mol. The quantitative estimate of drug-likeness (QED) is 0.499. The molecule has 1 aliphatic heterocycles. The van der Waals surface area contributed by atoms with Gasteiger partial charge in [-0.1, -0.05) is 0 Å². The van der Waals surface area contributed by atoms with Crippen LogP contribution in [0.4, 0.5) is 0 Å². The third-order valence-corrected chi connectivity index (χ3v) is 6.00. The van der Waals surface area contributed by atoms with Crippen molar-refractivity contribution in [2.45, 2.75) is 25.9 Å². The monoisotopic (exact) mass is 417 g/mol. The van der Waals surface area contributed by atoms with E-state index < -0.39 is 0 Å².